The molecule has 0 radical (unpaired) electrons. The van der Waals surface area contributed by atoms with E-state index in [1.54, 1.807) is 4.90 Å². The Morgan fingerprint density at radius 2 is 1.72 bits per heavy atom. The lowest BCUT2D eigenvalue weighted by Gasteiger charge is -2.37. The first kappa shape index (κ1) is 18.2. The Morgan fingerprint density at radius 3 is 2.32 bits per heavy atom. The smallest absolute Gasteiger partial charge is 0.251 e. The van der Waals surface area contributed by atoms with Gasteiger partial charge in [-0.05, 0) is 32.0 Å². The van der Waals surface area contributed by atoms with E-state index in [0.29, 0.717) is 38.0 Å². The van der Waals surface area contributed by atoms with E-state index in [4.69, 9.17) is 0 Å². The number of carbonyl (C=O) groups excluding carboxylic acids is 1. The van der Waals surface area contributed by atoms with Gasteiger partial charge in [0.15, 0.2) is 0 Å². The second-order valence-corrected chi connectivity index (χ2v) is 6.97. The molecule has 0 atom stereocenters. The van der Waals surface area contributed by atoms with Crippen molar-refractivity contribution in [3.8, 4) is 0 Å². The molecule has 0 aliphatic carbocycles. The minimum atomic E-state index is -2.65. The van der Waals surface area contributed by atoms with Gasteiger partial charge in [-0.15, -0.1) is 0 Å². The topological polar surface area (TPSA) is 23.6 Å². The third kappa shape index (κ3) is 4.51. The molecule has 0 spiro atoms. The van der Waals surface area contributed by atoms with Crippen molar-refractivity contribution in [1.82, 2.24) is 9.80 Å². The summed E-state index contributed by atoms with van der Waals surface area (Å²) in [5.41, 5.74) is 0.435. The zero-order valence-corrected chi connectivity index (χ0v) is 14.0. The molecule has 1 amide bonds. The van der Waals surface area contributed by atoms with Crippen molar-refractivity contribution in [1.29, 1.82) is 0 Å². The lowest BCUT2D eigenvalue weighted by molar-refractivity contribution is -0.143. The van der Waals surface area contributed by atoms with Gasteiger partial charge in [0.1, 0.15) is 11.6 Å². The van der Waals surface area contributed by atoms with Gasteiger partial charge in [0.25, 0.3) is 5.92 Å². The van der Waals surface area contributed by atoms with Crippen molar-refractivity contribution < 1.29 is 22.4 Å². The van der Waals surface area contributed by atoms with Crippen LogP contribution in [-0.2, 0) is 11.3 Å². The molecule has 3 rings (SSSR count). The Bertz CT molecular complexity index is 620. The highest BCUT2D eigenvalue weighted by atomic mass is 19.3. The molecule has 0 unspecified atom stereocenters. The summed E-state index contributed by atoms with van der Waals surface area (Å²) in [4.78, 5) is 16.1. The molecule has 0 aromatic heterocycles. The van der Waals surface area contributed by atoms with Crippen molar-refractivity contribution in [2.45, 2.75) is 38.2 Å². The second-order valence-electron chi connectivity index (χ2n) is 6.97. The van der Waals surface area contributed by atoms with Gasteiger partial charge in [0, 0.05) is 50.0 Å². The van der Waals surface area contributed by atoms with Gasteiger partial charge in [-0.25, -0.2) is 17.6 Å². The maximum absolute atomic E-state index is 13.7. The Morgan fingerprint density at radius 1 is 1.08 bits per heavy atom. The van der Waals surface area contributed by atoms with Crippen LogP contribution in [0.25, 0.3) is 0 Å². The largest absolute Gasteiger partial charge is 0.342 e. The van der Waals surface area contributed by atoms with E-state index in [2.05, 4.69) is 0 Å². The van der Waals surface area contributed by atoms with Crippen molar-refractivity contribution >= 4 is 5.91 Å². The quantitative estimate of drug-likeness (QED) is 0.773. The van der Waals surface area contributed by atoms with Gasteiger partial charge in [-0.1, -0.05) is 6.07 Å². The molecule has 2 heterocycles. The van der Waals surface area contributed by atoms with Crippen LogP contribution in [-0.4, -0.2) is 47.8 Å². The van der Waals surface area contributed by atoms with Gasteiger partial charge in [-0.2, -0.15) is 0 Å². The van der Waals surface area contributed by atoms with Crippen molar-refractivity contribution in [2.75, 3.05) is 26.2 Å². The standard InChI is InChI=1S/C18H22F4N2O/c19-15-2-1-14(16(20)11-15)12-23-7-3-13(4-8-23)17(25)24-9-5-18(21,22)6-10-24/h1-2,11,13H,3-10,12H2. The summed E-state index contributed by atoms with van der Waals surface area (Å²) in [6.45, 7) is 1.89. The van der Waals surface area contributed by atoms with Crippen molar-refractivity contribution in [2.24, 2.45) is 5.92 Å². The van der Waals surface area contributed by atoms with Gasteiger partial charge in [-0.3, -0.25) is 9.69 Å². The van der Waals surface area contributed by atoms with Crippen molar-refractivity contribution in [3.63, 3.8) is 0 Å². The molecule has 25 heavy (non-hydrogen) atoms. The molecule has 0 saturated carbocycles. The van der Waals surface area contributed by atoms with Crippen LogP contribution in [0.4, 0.5) is 17.6 Å². The van der Waals surface area contributed by atoms with E-state index in [1.807, 2.05) is 4.90 Å². The van der Waals surface area contributed by atoms with Crippen LogP contribution in [0.2, 0.25) is 0 Å². The summed E-state index contributed by atoms with van der Waals surface area (Å²) in [6, 6.07) is 3.55. The number of nitrogens with zero attached hydrogens (tertiary/aromatic N) is 2. The third-order valence-electron chi connectivity index (χ3n) is 5.15. The summed E-state index contributed by atoms with van der Waals surface area (Å²) in [6.07, 6.45) is 0.742. The van der Waals surface area contributed by atoms with Crippen LogP contribution in [0.3, 0.4) is 0 Å². The van der Waals surface area contributed by atoms with Gasteiger partial charge in [0.05, 0.1) is 0 Å². The Labute approximate surface area is 144 Å². The zero-order valence-electron chi connectivity index (χ0n) is 14.0. The molecule has 0 N–H and O–H groups in total. The number of benzene rings is 1. The molecule has 7 heteroatoms. The number of piperidine rings is 2. The molecular formula is C18H22F4N2O. The minimum absolute atomic E-state index is 0.0388. The molecule has 2 saturated heterocycles. The first-order chi connectivity index (χ1) is 11.8. The first-order valence-electron chi connectivity index (χ1n) is 8.67. The Balaban J connectivity index is 1.49. The van der Waals surface area contributed by atoms with Crippen LogP contribution in [0.15, 0.2) is 18.2 Å². The van der Waals surface area contributed by atoms with Crippen LogP contribution >= 0.6 is 0 Å². The summed E-state index contributed by atoms with van der Waals surface area (Å²) in [5, 5.41) is 0. The van der Waals surface area contributed by atoms with E-state index in [9.17, 15) is 22.4 Å². The predicted octanol–water partition coefficient (Wildman–Crippen LogP) is 3.43. The average molecular weight is 358 g/mol. The van der Waals surface area contributed by atoms with E-state index < -0.39 is 17.6 Å². The number of alkyl halides is 2. The predicted molar refractivity (Wildman–Crippen MR) is 85.1 cm³/mol. The molecule has 2 fully saturated rings. The number of rotatable bonds is 3. The summed E-state index contributed by atoms with van der Waals surface area (Å²) >= 11 is 0. The SMILES string of the molecule is O=C(C1CCN(Cc2ccc(F)cc2F)CC1)N1CCC(F)(F)CC1. The molecule has 1 aromatic rings. The summed E-state index contributed by atoms with van der Waals surface area (Å²) < 4.78 is 53.1. The van der Waals surface area contributed by atoms with Crippen molar-refractivity contribution in [3.05, 3.63) is 35.4 Å². The zero-order chi connectivity index (χ0) is 18.0. The number of amides is 1. The normalized spacial score (nSPS) is 22.2. The van der Waals surface area contributed by atoms with Gasteiger partial charge < -0.3 is 4.90 Å². The number of hydrogen-bond donors (Lipinski definition) is 0. The molecule has 2 aliphatic heterocycles. The molecule has 0 bridgehead atoms. The number of hydrogen-bond acceptors (Lipinski definition) is 2. The van der Waals surface area contributed by atoms with Crippen LogP contribution in [0.5, 0.6) is 0 Å². The lowest BCUT2D eigenvalue weighted by atomic mass is 9.93. The van der Waals surface area contributed by atoms with Crippen LogP contribution in [0, 0.1) is 17.6 Å². The van der Waals surface area contributed by atoms with E-state index in [-0.39, 0.29) is 37.8 Å². The number of carbonyl (C=O) groups is 1. The van der Waals surface area contributed by atoms with Gasteiger partial charge in [0.2, 0.25) is 5.91 Å². The summed E-state index contributed by atoms with van der Waals surface area (Å²) in [5.74, 6) is -4.01. The Hall–Kier alpha value is -1.63. The average Bonchev–Trinajstić information content (AvgIpc) is 2.57. The fraction of sp³-hybridized carbons (Fsp3) is 0.611. The first-order valence-corrected chi connectivity index (χ1v) is 8.67. The highest BCUT2D eigenvalue weighted by molar-refractivity contribution is 5.79. The fourth-order valence-electron chi connectivity index (χ4n) is 3.54. The molecule has 2 aliphatic rings. The highest BCUT2D eigenvalue weighted by Crippen LogP contribution is 2.30. The highest BCUT2D eigenvalue weighted by Gasteiger charge is 2.37. The molecular weight excluding hydrogens is 336 g/mol. The third-order valence-corrected chi connectivity index (χ3v) is 5.15. The van der Waals surface area contributed by atoms with Gasteiger partial charge >= 0.3 is 0 Å². The molecule has 1 aromatic carbocycles. The number of likely N-dealkylation sites (tertiary alicyclic amines) is 2. The maximum Gasteiger partial charge on any atom is 0.251 e. The summed E-state index contributed by atoms with van der Waals surface area (Å²) in [7, 11) is 0. The van der Waals surface area contributed by atoms with E-state index in [1.165, 1.54) is 12.1 Å². The fourth-order valence-corrected chi connectivity index (χ4v) is 3.54. The van der Waals surface area contributed by atoms with E-state index >= 15 is 0 Å². The maximum atomic E-state index is 13.7. The van der Waals surface area contributed by atoms with Crippen LogP contribution in [0.1, 0.15) is 31.2 Å². The van der Waals surface area contributed by atoms with E-state index in [0.717, 1.165) is 6.07 Å². The Kier molecular flexibility index (Phi) is 5.32. The van der Waals surface area contributed by atoms with Crippen LogP contribution < -0.4 is 0 Å². The number of halogens is 4. The minimum Gasteiger partial charge on any atom is -0.342 e. The molecule has 138 valence electrons. The monoisotopic (exact) mass is 358 g/mol. The molecule has 3 nitrogen and oxygen atoms in total. The second kappa shape index (κ2) is 7.32. The lowest BCUT2D eigenvalue weighted by Crippen LogP contribution is -2.47.